The summed E-state index contributed by atoms with van der Waals surface area (Å²) in [6.45, 7) is 5.55. The molecule has 1 aliphatic rings. The van der Waals surface area contributed by atoms with Gasteiger partial charge >= 0.3 is 0 Å². The quantitative estimate of drug-likeness (QED) is 0.911. The summed E-state index contributed by atoms with van der Waals surface area (Å²) in [5.74, 6) is -0.379. The van der Waals surface area contributed by atoms with Crippen LogP contribution in [0.3, 0.4) is 0 Å². The number of hydrogen-bond acceptors (Lipinski definition) is 4. The zero-order valence-electron chi connectivity index (χ0n) is 11.7. The Labute approximate surface area is 119 Å². The minimum Gasteiger partial charge on any atom is -0.395 e. The third-order valence-electron chi connectivity index (χ3n) is 3.84. The molecule has 1 N–H and O–H groups in total. The molecule has 1 fully saturated rings. The fourth-order valence-electron chi connectivity index (χ4n) is 2.61. The van der Waals surface area contributed by atoms with E-state index in [0.717, 1.165) is 38.3 Å². The molecule has 1 unspecified atom stereocenters. The van der Waals surface area contributed by atoms with Crippen molar-refractivity contribution in [2.24, 2.45) is 0 Å². The molecule has 0 aromatic heterocycles. The van der Waals surface area contributed by atoms with Gasteiger partial charge in [0.2, 0.25) is 0 Å². The van der Waals surface area contributed by atoms with E-state index in [-0.39, 0.29) is 18.5 Å². The predicted molar refractivity (Wildman–Crippen MR) is 76.1 cm³/mol. The zero-order chi connectivity index (χ0) is 14.5. The predicted octanol–water partition coefficient (Wildman–Crippen LogP) is 1.59. The van der Waals surface area contributed by atoms with Gasteiger partial charge in [-0.05, 0) is 31.5 Å². The van der Waals surface area contributed by atoms with Gasteiger partial charge in [0.1, 0.15) is 11.9 Å². The van der Waals surface area contributed by atoms with Gasteiger partial charge in [0, 0.05) is 32.2 Å². The summed E-state index contributed by atoms with van der Waals surface area (Å²) in [7, 11) is 0. The molecule has 1 aromatic carbocycles. The molecule has 1 atom stereocenters. The van der Waals surface area contributed by atoms with Crippen molar-refractivity contribution in [1.29, 1.82) is 5.26 Å². The van der Waals surface area contributed by atoms with Gasteiger partial charge in [-0.15, -0.1) is 0 Å². The van der Waals surface area contributed by atoms with Crippen molar-refractivity contribution in [3.8, 4) is 6.07 Å². The highest BCUT2D eigenvalue weighted by Crippen LogP contribution is 2.22. The molecule has 0 spiro atoms. The highest BCUT2D eigenvalue weighted by Gasteiger charge is 2.20. The maximum Gasteiger partial charge on any atom is 0.124 e. The molecule has 4 nitrogen and oxygen atoms in total. The van der Waals surface area contributed by atoms with E-state index in [2.05, 4.69) is 15.9 Å². The highest BCUT2D eigenvalue weighted by atomic mass is 19.1. The minimum atomic E-state index is -0.379. The first kappa shape index (κ1) is 14.8. The molecule has 0 aliphatic carbocycles. The Morgan fingerprint density at radius 3 is 2.85 bits per heavy atom. The van der Waals surface area contributed by atoms with Crippen molar-refractivity contribution < 1.29 is 9.50 Å². The number of benzene rings is 1. The van der Waals surface area contributed by atoms with Crippen molar-refractivity contribution in [3.05, 3.63) is 29.6 Å². The zero-order valence-corrected chi connectivity index (χ0v) is 11.7. The van der Waals surface area contributed by atoms with E-state index in [1.54, 1.807) is 6.07 Å². The maximum atomic E-state index is 13.2. The van der Waals surface area contributed by atoms with Gasteiger partial charge < -0.3 is 10.0 Å². The molecule has 20 heavy (non-hydrogen) atoms. The average molecular weight is 277 g/mol. The van der Waals surface area contributed by atoms with Crippen LogP contribution in [-0.4, -0.2) is 48.8 Å². The van der Waals surface area contributed by atoms with Crippen molar-refractivity contribution in [3.63, 3.8) is 0 Å². The Balaban J connectivity index is 2.13. The molecule has 0 radical (unpaired) electrons. The third-order valence-corrected chi connectivity index (χ3v) is 3.84. The van der Waals surface area contributed by atoms with Crippen LogP contribution < -0.4 is 4.90 Å². The number of halogens is 1. The second-order valence-corrected chi connectivity index (χ2v) is 5.18. The van der Waals surface area contributed by atoms with E-state index in [0.29, 0.717) is 5.56 Å². The standard InChI is InChI=1S/C15H20FN3O/c1-12(11-20)18-5-2-6-19(8-7-18)15-4-3-14(16)9-13(15)10-17/h3-4,9,12,20H,2,5-8,11H2,1H3. The van der Waals surface area contributed by atoms with E-state index in [1.165, 1.54) is 12.1 Å². The monoisotopic (exact) mass is 277 g/mol. The molecule has 0 saturated carbocycles. The van der Waals surface area contributed by atoms with Crippen LogP contribution >= 0.6 is 0 Å². The first-order chi connectivity index (χ1) is 9.65. The minimum absolute atomic E-state index is 0.151. The molecule has 2 rings (SSSR count). The largest absolute Gasteiger partial charge is 0.395 e. The second kappa shape index (κ2) is 6.69. The Hall–Kier alpha value is -1.64. The van der Waals surface area contributed by atoms with E-state index in [1.807, 2.05) is 6.92 Å². The number of nitriles is 1. The van der Waals surface area contributed by atoms with Crippen LogP contribution in [0.25, 0.3) is 0 Å². The first-order valence-corrected chi connectivity index (χ1v) is 6.95. The lowest BCUT2D eigenvalue weighted by Crippen LogP contribution is -2.38. The van der Waals surface area contributed by atoms with Gasteiger partial charge in [0.25, 0.3) is 0 Å². The van der Waals surface area contributed by atoms with Gasteiger partial charge in [-0.25, -0.2) is 4.39 Å². The van der Waals surface area contributed by atoms with Crippen molar-refractivity contribution >= 4 is 5.69 Å². The van der Waals surface area contributed by atoms with Crippen LogP contribution in [-0.2, 0) is 0 Å². The van der Waals surface area contributed by atoms with Gasteiger partial charge in [-0.3, -0.25) is 4.90 Å². The lowest BCUT2D eigenvalue weighted by Gasteiger charge is -2.27. The van der Waals surface area contributed by atoms with Crippen LogP contribution in [0.15, 0.2) is 18.2 Å². The number of anilines is 1. The van der Waals surface area contributed by atoms with Crippen LogP contribution in [0.1, 0.15) is 18.9 Å². The normalized spacial score (nSPS) is 18.4. The second-order valence-electron chi connectivity index (χ2n) is 5.18. The number of rotatable bonds is 3. The Bertz CT molecular complexity index is 500. The van der Waals surface area contributed by atoms with Crippen LogP contribution in [0.2, 0.25) is 0 Å². The molecular formula is C15H20FN3O. The fraction of sp³-hybridized carbons (Fsp3) is 0.533. The summed E-state index contributed by atoms with van der Waals surface area (Å²) < 4.78 is 13.2. The molecule has 1 aliphatic heterocycles. The molecule has 5 heteroatoms. The Morgan fingerprint density at radius 1 is 1.35 bits per heavy atom. The van der Waals surface area contributed by atoms with E-state index >= 15 is 0 Å². The molecular weight excluding hydrogens is 257 g/mol. The third kappa shape index (κ3) is 3.27. The van der Waals surface area contributed by atoms with Crippen molar-refractivity contribution in [2.45, 2.75) is 19.4 Å². The SMILES string of the molecule is CC(CO)N1CCCN(c2ccc(F)cc2C#N)CC1. The summed E-state index contributed by atoms with van der Waals surface area (Å²) in [6.07, 6.45) is 0.965. The average Bonchev–Trinajstić information content (AvgIpc) is 2.72. The molecule has 1 saturated heterocycles. The Morgan fingerprint density at radius 2 is 2.15 bits per heavy atom. The molecule has 0 bridgehead atoms. The summed E-state index contributed by atoms with van der Waals surface area (Å²) in [5, 5.41) is 18.4. The topological polar surface area (TPSA) is 50.5 Å². The summed E-state index contributed by atoms with van der Waals surface area (Å²) in [5.41, 5.74) is 1.18. The number of hydrogen-bond donors (Lipinski definition) is 1. The first-order valence-electron chi connectivity index (χ1n) is 6.95. The smallest absolute Gasteiger partial charge is 0.124 e. The van der Waals surface area contributed by atoms with Crippen molar-refractivity contribution in [1.82, 2.24) is 4.90 Å². The number of aliphatic hydroxyl groups is 1. The number of aliphatic hydroxyl groups excluding tert-OH is 1. The van der Waals surface area contributed by atoms with E-state index in [9.17, 15) is 9.50 Å². The van der Waals surface area contributed by atoms with Gasteiger partial charge in [-0.1, -0.05) is 0 Å². The van der Waals surface area contributed by atoms with Gasteiger partial charge in [0.15, 0.2) is 0 Å². The lowest BCUT2D eigenvalue weighted by molar-refractivity contribution is 0.141. The van der Waals surface area contributed by atoms with Gasteiger partial charge in [-0.2, -0.15) is 5.26 Å². The maximum absolute atomic E-state index is 13.2. The summed E-state index contributed by atoms with van der Waals surface area (Å²) in [6, 6.07) is 6.58. The molecule has 108 valence electrons. The fourth-order valence-corrected chi connectivity index (χ4v) is 2.61. The van der Waals surface area contributed by atoms with E-state index < -0.39 is 0 Å². The van der Waals surface area contributed by atoms with Gasteiger partial charge in [0.05, 0.1) is 17.9 Å². The van der Waals surface area contributed by atoms with Crippen LogP contribution in [0, 0.1) is 17.1 Å². The summed E-state index contributed by atoms with van der Waals surface area (Å²) >= 11 is 0. The Kier molecular flexibility index (Phi) is 4.94. The van der Waals surface area contributed by atoms with Crippen molar-refractivity contribution in [2.75, 3.05) is 37.7 Å². The molecule has 0 amide bonds. The highest BCUT2D eigenvalue weighted by molar-refractivity contribution is 5.59. The van der Waals surface area contributed by atoms with Crippen LogP contribution in [0.4, 0.5) is 10.1 Å². The van der Waals surface area contributed by atoms with E-state index in [4.69, 9.17) is 5.26 Å². The summed E-state index contributed by atoms with van der Waals surface area (Å²) in [4.78, 5) is 4.37. The number of nitrogens with zero attached hydrogens (tertiary/aromatic N) is 3. The molecule has 1 aromatic rings. The molecule has 1 heterocycles. The van der Waals surface area contributed by atoms with Crippen LogP contribution in [0.5, 0.6) is 0 Å². The lowest BCUT2D eigenvalue weighted by atomic mass is 10.1.